The third-order valence-electron chi connectivity index (χ3n) is 7.06. The van der Waals surface area contributed by atoms with Gasteiger partial charge in [0.05, 0.1) is 5.56 Å². The maximum Gasteiger partial charge on any atom is 0.263 e. The second-order valence-corrected chi connectivity index (χ2v) is 10.7. The third kappa shape index (κ3) is 5.22. The first kappa shape index (κ1) is 23.9. The Morgan fingerprint density at radius 3 is 2.37 bits per heavy atom. The third-order valence-corrected chi connectivity index (χ3v) is 7.30. The number of rotatable bonds is 7. The van der Waals surface area contributed by atoms with Crippen LogP contribution in [0.25, 0.3) is 0 Å². The number of benzene rings is 1. The summed E-state index contributed by atoms with van der Waals surface area (Å²) in [7, 11) is 0. The molecule has 1 unspecified atom stereocenters. The zero-order valence-corrected chi connectivity index (χ0v) is 20.6. The second-order valence-electron chi connectivity index (χ2n) is 10.3. The number of anilines is 1. The fourth-order valence-electron chi connectivity index (χ4n) is 5.08. The minimum Gasteiger partial charge on any atom is -0.475 e. The van der Waals surface area contributed by atoms with Gasteiger partial charge in [0.15, 0.2) is 17.2 Å². The smallest absolute Gasteiger partial charge is 0.263 e. The van der Waals surface area contributed by atoms with Gasteiger partial charge in [-0.05, 0) is 82.7 Å². The number of ether oxygens (including phenoxy) is 1. The van der Waals surface area contributed by atoms with E-state index < -0.39 is 11.4 Å². The van der Waals surface area contributed by atoms with Crippen LogP contribution in [0.4, 0.5) is 10.2 Å². The van der Waals surface area contributed by atoms with Gasteiger partial charge in [-0.2, -0.15) is 0 Å². The SMILES string of the molecule is CC(C)(Oc1ccc(Cl)cc1F)C(=O)NC1C[C@H]2CC[C@@H](C1)N2c1ccc(C(=O)NC2CC2)cn1. The van der Waals surface area contributed by atoms with Gasteiger partial charge < -0.3 is 20.3 Å². The molecule has 2 bridgehead atoms. The Bertz CT molecular complexity index is 1110. The minimum atomic E-state index is -1.25. The van der Waals surface area contributed by atoms with Crippen molar-refractivity contribution in [3.63, 3.8) is 0 Å². The summed E-state index contributed by atoms with van der Waals surface area (Å²) in [5, 5.41) is 6.37. The predicted molar refractivity (Wildman–Crippen MR) is 131 cm³/mol. The number of carbonyl (C=O) groups is 2. The summed E-state index contributed by atoms with van der Waals surface area (Å²) >= 11 is 5.81. The van der Waals surface area contributed by atoms with Crippen molar-refractivity contribution in [1.82, 2.24) is 15.6 Å². The van der Waals surface area contributed by atoms with Gasteiger partial charge in [0.2, 0.25) is 0 Å². The van der Waals surface area contributed by atoms with Crippen LogP contribution < -0.4 is 20.3 Å². The van der Waals surface area contributed by atoms with Crippen molar-refractivity contribution in [3.8, 4) is 5.75 Å². The first-order valence-corrected chi connectivity index (χ1v) is 12.6. The Labute approximate surface area is 209 Å². The number of aromatic nitrogens is 1. The van der Waals surface area contributed by atoms with Gasteiger partial charge in [0.1, 0.15) is 5.82 Å². The number of hydrogen-bond donors (Lipinski definition) is 2. The standard InChI is InChI=1S/C26H30ClFN4O3/c1-26(2,35-22-9-4-16(27)11-21(22)28)25(34)31-18-12-19-7-8-20(13-18)32(19)23-10-3-15(14-29-23)24(33)30-17-5-6-17/h3-4,9-11,14,17-20H,5-8,12-13H2,1-2H3,(H,30,33)(H,31,34)/t18?,19-,20+. The van der Waals surface area contributed by atoms with Gasteiger partial charge in [-0.15, -0.1) is 0 Å². The van der Waals surface area contributed by atoms with E-state index in [9.17, 15) is 14.0 Å². The van der Waals surface area contributed by atoms with Crippen molar-refractivity contribution in [2.45, 2.75) is 82.1 Å². The van der Waals surface area contributed by atoms with E-state index in [1.807, 2.05) is 12.1 Å². The molecule has 3 fully saturated rings. The lowest BCUT2D eigenvalue weighted by Crippen LogP contribution is -2.55. The van der Waals surface area contributed by atoms with Gasteiger partial charge >= 0.3 is 0 Å². The summed E-state index contributed by atoms with van der Waals surface area (Å²) in [6.45, 7) is 3.26. The molecule has 2 aromatic rings. The summed E-state index contributed by atoms with van der Waals surface area (Å²) in [5.41, 5.74) is -0.669. The molecule has 0 radical (unpaired) electrons. The number of hydrogen-bond acceptors (Lipinski definition) is 5. The van der Waals surface area contributed by atoms with Crippen LogP contribution in [0.15, 0.2) is 36.5 Å². The highest BCUT2D eigenvalue weighted by atomic mass is 35.5. The van der Waals surface area contributed by atoms with E-state index in [1.54, 1.807) is 20.0 Å². The first-order chi connectivity index (χ1) is 16.7. The van der Waals surface area contributed by atoms with Crippen molar-refractivity contribution >= 4 is 29.2 Å². The molecule has 1 aromatic heterocycles. The van der Waals surface area contributed by atoms with E-state index >= 15 is 0 Å². The lowest BCUT2D eigenvalue weighted by Gasteiger charge is -2.40. The fourth-order valence-corrected chi connectivity index (χ4v) is 5.24. The molecule has 5 rings (SSSR count). The van der Waals surface area contributed by atoms with Crippen molar-refractivity contribution in [1.29, 1.82) is 0 Å². The Morgan fingerprint density at radius 2 is 1.77 bits per heavy atom. The van der Waals surface area contributed by atoms with Gasteiger partial charge in [0.25, 0.3) is 11.8 Å². The van der Waals surface area contributed by atoms with Crippen molar-refractivity contribution < 1.29 is 18.7 Å². The molecule has 7 nitrogen and oxygen atoms in total. The monoisotopic (exact) mass is 500 g/mol. The number of piperidine rings is 1. The summed E-state index contributed by atoms with van der Waals surface area (Å²) < 4.78 is 19.9. The number of halogens is 2. The lowest BCUT2D eigenvalue weighted by molar-refractivity contribution is -0.135. The zero-order chi connectivity index (χ0) is 24.7. The van der Waals surface area contributed by atoms with Gasteiger partial charge in [-0.25, -0.2) is 9.37 Å². The van der Waals surface area contributed by atoms with Crippen LogP contribution in [0.2, 0.25) is 5.02 Å². The van der Waals surface area contributed by atoms with E-state index in [2.05, 4.69) is 20.5 Å². The van der Waals surface area contributed by atoms with E-state index in [-0.39, 0.29) is 40.7 Å². The molecule has 1 aromatic carbocycles. The summed E-state index contributed by atoms with van der Waals surface area (Å²) in [6, 6.07) is 8.71. The van der Waals surface area contributed by atoms with Crippen LogP contribution in [0.1, 0.15) is 62.7 Å². The largest absolute Gasteiger partial charge is 0.475 e. The number of fused-ring (bicyclic) bond motifs is 2. The molecule has 2 saturated heterocycles. The number of carbonyl (C=O) groups excluding carboxylic acids is 2. The summed E-state index contributed by atoms with van der Waals surface area (Å²) in [5.74, 6) is -0.0988. The topological polar surface area (TPSA) is 83.6 Å². The Balaban J connectivity index is 1.20. The molecule has 0 spiro atoms. The van der Waals surface area contributed by atoms with Crippen LogP contribution in [-0.2, 0) is 4.79 Å². The number of amides is 2. The molecule has 2 amide bonds. The average molecular weight is 501 g/mol. The highest BCUT2D eigenvalue weighted by Gasteiger charge is 2.43. The van der Waals surface area contributed by atoms with Gasteiger partial charge in [-0.3, -0.25) is 9.59 Å². The average Bonchev–Trinajstić information content (AvgIpc) is 3.58. The fraction of sp³-hybridized carbons (Fsp3) is 0.500. The molecule has 2 aliphatic heterocycles. The lowest BCUT2D eigenvalue weighted by atomic mass is 9.96. The number of pyridine rings is 1. The van der Waals surface area contributed by atoms with Gasteiger partial charge in [-0.1, -0.05) is 11.6 Å². The second kappa shape index (κ2) is 9.30. The molecule has 2 N–H and O–H groups in total. The molecule has 35 heavy (non-hydrogen) atoms. The number of nitrogens with one attached hydrogen (secondary N) is 2. The van der Waals surface area contributed by atoms with Crippen molar-refractivity contribution in [2.24, 2.45) is 0 Å². The van der Waals surface area contributed by atoms with Gasteiger partial charge in [0, 0.05) is 35.4 Å². The maximum absolute atomic E-state index is 14.2. The van der Waals surface area contributed by atoms with E-state index in [0.29, 0.717) is 11.6 Å². The van der Waals surface area contributed by atoms with E-state index in [1.165, 1.54) is 18.2 Å². The molecule has 186 valence electrons. The first-order valence-electron chi connectivity index (χ1n) is 12.2. The molecular formula is C26H30ClFN4O3. The number of nitrogens with zero attached hydrogens (tertiary/aromatic N) is 2. The van der Waals surface area contributed by atoms with Crippen LogP contribution in [-0.4, -0.2) is 46.6 Å². The predicted octanol–water partition coefficient (Wildman–Crippen LogP) is 4.24. The molecular weight excluding hydrogens is 471 g/mol. The summed E-state index contributed by atoms with van der Waals surface area (Å²) in [6.07, 6.45) is 7.38. The normalized spacial score (nSPS) is 23.7. The highest BCUT2D eigenvalue weighted by molar-refractivity contribution is 6.30. The summed E-state index contributed by atoms with van der Waals surface area (Å²) in [4.78, 5) is 32.2. The van der Waals surface area contributed by atoms with E-state index in [4.69, 9.17) is 16.3 Å². The van der Waals surface area contributed by atoms with Crippen LogP contribution >= 0.6 is 11.6 Å². The van der Waals surface area contributed by atoms with Crippen LogP contribution in [0, 0.1) is 5.82 Å². The van der Waals surface area contributed by atoms with E-state index in [0.717, 1.165) is 44.3 Å². The quantitative estimate of drug-likeness (QED) is 0.594. The highest BCUT2D eigenvalue weighted by Crippen LogP contribution is 2.39. The maximum atomic E-state index is 14.2. The Morgan fingerprint density at radius 1 is 1.06 bits per heavy atom. The van der Waals surface area contributed by atoms with Crippen LogP contribution in [0.3, 0.4) is 0 Å². The Kier molecular flexibility index (Phi) is 6.34. The van der Waals surface area contributed by atoms with Crippen LogP contribution in [0.5, 0.6) is 5.75 Å². The molecule has 3 atom stereocenters. The van der Waals surface area contributed by atoms with Crippen molar-refractivity contribution in [2.75, 3.05) is 4.90 Å². The Hall–Kier alpha value is -2.87. The minimum absolute atomic E-state index is 0.00205. The van der Waals surface area contributed by atoms with Crippen molar-refractivity contribution in [3.05, 3.63) is 52.9 Å². The molecule has 3 aliphatic rings. The zero-order valence-electron chi connectivity index (χ0n) is 19.9. The molecule has 3 heterocycles. The molecule has 9 heteroatoms. The molecule has 1 saturated carbocycles. The molecule has 1 aliphatic carbocycles.